The molecule has 0 bridgehead atoms. The lowest BCUT2D eigenvalue weighted by molar-refractivity contribution is 0.0602. The van der Waals surface area contributed by atoms with Crippen LogP contribution in [0.15, 0.2) is 42.6 Å². The van der Waals surface area contributed by atoms with E-state index < -0.39 is 12.0 Å². The van der Waals surface area contributed by atoms with E-state index in [1.807, 2.05) is 6.92 Å². The first kappa shape index (κ1) is 19.4. The number of pyridine rings is 1. The molecule has 0 aliphatic rings. The van der Waals surface area contributed by atoms with Crippen molar-refractivity contribution in [2.24, 2.45) is 0 Å². The maximum Gasteiger partial charge on any atom is 0.339 e. The van der Waals surface area contributed by atoms with E-state index in [1.165, 1.54) is 13.3 Å². The summed E-state index contributed by atoms with van der Waals surface area (Å²) in [5.41, 5.74) is 1.76. The van der Waals surface area contributed by atoms with Crippen LogP contribution in [0.5, 0.6) is 0 Å². The van der Waals surface area contributed by atoms with Gasteiger partial charge in [-0.05, 0) is 31.2 Å². The Labute approximate surface area is 166 Å². The molecule has 0 unspecified atom stereocenters. The molecule has 2 heterocycles. The van der Waals surface area contributed by atoms with Crippen LogP contribution in [0.3, 0.4) is 0 Å². The summed E-state index contributed by atoms with van der Waals surface area (Å²) in [7, 11) is 1.32. The number of rotatable bonds is 5. The summed E-state index contributed by atoms with van der Waals surface area (Å²) in [5.74, 6) is 0.227. The summed E-state index contributed by atoms with van der Waals surface area (Å²) in [6, 6.07) is 9.81. The van der Waals surface area contributed by atoms with Gasteiger partial charge in [-0.1, -0.05) is 24.9 Å². The highest BCUT2D eigenvalue weighted by atomic mass is 32.1. The van der Waals surface area contributed by atoms with Crippen molar-refractivity contribution in [1.29, 1.82) is 0 Å². The van der Waals surface area contributed by atoms with Crippen LogP contribution in [0, 0.1) is 0 Å². The summed E-state index contributed by atoms with van der Waals surface area (Å²) in [4.78, 5) is 36.9. The molecule has 2 aromatic heterocycles. The van der Waals surface area contributed by atoms with E-state index in [9.17, 15) is 9.59 Å². The molecule has 0 saturated heterocycles. The summed E-state index contributed by atoms with van der Waals surface area (Å²) in [6.07, 6.45) is 1.53. The highest BCUT2D eigenvalue weighted by Gasteiger charge is 2.15. The minimum atomic E-state index is -0.468. The fourth-order valence-electron chi connectivity index (χ4n) is 2.41. The van der Waals surface area contributed by atoms with E-state index in [-0.39, 0.29) is 0 Å². The molecule has 9 nitrogen and oxygen atoms in total. The number of thiol groups is 1. The number of benzene rings is 1. The van der Waals surface area contributed by atoms with Gasteiger partial charge in [-0.15, -0.1) is 0 Å². The smallest absolute Gasteiger partial charge is 0.339 e. The van der Waals surface area contributed by atoms with Crippen LogP contribution in [0.2, 0.25) is 0 Å². The standard InChI is InChI=1S/C18H18N6O3S/c1-3-19-18(26)24(28)15-9-8-13-16(23-15)22-14(10-20-13)21-12-7-5-4-6-11(12)17(25)27-2/h4-10,28H,3H2,1-2H3,(H,19,26)(H,21,22,23). The lowest BCUT2D eigenvalue weighted by atomic mass is 10.2. The number of nitrogens with one attached hydrogen (secondary N) is 2. The highest BCUT2D eigenvalue weighted by Crippen LogP contribution is 2.22. The Morgan fingerprint density at radius 2 is 1.96 bits per heavy atom. The van der Waals surface area contributed by atoms with Crippen LogP contribution in [0.4, 0.5) is 22.1 Å². The third-order valence-corrected chi connectivity index (χ3v) is 4.11. The number of hydrogen-bond donors (Lipinski definition) is 3. The van der Waals surface area contributed by atoms with E-state index in [2.05, 4.69) is 38.4 Å². The number of nitrogens with zero attached hydrogens (tertiary/aromatic N) is 4. The lowest BCUT2D eigenvalue weighted by Gasteiger charge is -2.15. The highest BCUT2D eigenvalue weighted by molar-refractivity contribution is 7.82. The number of methoxy groups -OCH3 is 1. The van der Waals surface area contributed by atoms with Gasteiger partial charge in [0, 0.05) is 6.54 Å². The Morgan fingerprint density at radius 3 is 2.71 bits per heavy atom. The number of para-hydroxylation sites is 1. The molecular weight excluding hydrogens is 380 g/mol. The van der Waals surface area contributed by atoms with E-state index in [1.54, 1.807) is 36.4 Å². The van der Waals surface area contributed by atoms with Crippen LogP contribution < -0.4 is 14.9 Å². The first-order chi connectivity index (χ1) is 13.5. The zero-order chi connectivity index (χ0) is 20.1. The van der Waals surface area contributed by atoms with Crippen LogP contribution in [-0.4, -0.2) is 40.6 Å². The topological polar surface area (TPSA) is 109 Å². The predicted octanol–water partition coefficient (Wildman–Crippen LogP) is 2.94. The molecule has 2 N–H and O–H groups in total. The normalized spacial score (nSPS) is 10.4. The zero-order valence-corrected chi connectivity index (χ0v) is 16.1. The number of fused-ring (bicyclic) bond motifs is 1. The quantitative estimate of drug-likeness (QED) is 0.448. The third-order valence-electron chi connectivity index (χ3n) is 3.72. The number of aromatic nitrogens is 3. The summed E-state index contributed by atoms with van der Waals surface area (Å²) in [6.45, 7) is 2.28. The number of urea groups is 1. The van der Waals surface area contributed by atoms with Crippen LogP contribution >= 0.6 is 12.8 Å². The maximum absolute atomic E-state index is 11.9. The zero-order valence-electron chi connectivity index (χ0n) is 15.2. The van der Waals surface area contributed by atoms with Crippen LogP contribution in [0.1, 0.15) is 17.3 Å². The van der Waals surface area contributed by atoms with Crippen LogP contribution in [0.25, 0.3) is 11.2 Å². The van der Waals surface area contributed by atoms with Gasteiger partial charge in [-0.25, -0.2) is 28.8 Å². The predicted molar refractivity (Wildman–Crippen MR) is 109 cm³/mol. The molecule has 2 amide bonds. The number of ether oxygens (including phenoxy) is 1. The molecule has 3 rings (SSSR count). The van der Waals surface area contributed by atoms with Gasteiger partial charge in [0.2, 0.25) is 0 Å². The molecule has 10 heteroatoms. The van der Waals surface area contributed by atoms with Crippen LogP contribution in [-0.2, 0) is 4.74 Å². The third kappa shape index (κ3) is 4.12. The van der Waals surface area contributed by atoms with Gasteiger partial charge in [-0.3, -0.25) is 0 Å². The minimum absolute atomic E-state index is 0.309. The molecule has 0 aliphatic heterocycles. The van der Waals surface area contributed by atoms with E-state index in [4.69, 9.17) is 4.74 Å². The Kier molecular flexibility index (Phi) is 5.90. The van der Waals surface area contributed by atoms with Gasteiger partial charge in [-0.2, -0.15) is 0 Å². The fraction of sp³-hybridized carbons (Fsp3) is 0.167. The van der Waals surface area contributed by atoms with Crippen molar-refractivity contribution in [3.05, 3.63) is 48.2 Å². The van der Waals surface area contributed by atoms with Crippen molar-refractivity contribution < 1.29 is 14.3 Å². The first-order valence-electron chi connectivity index (χ1n) is 8.38. The molecule has 0 saturated carbocycles. The molecule has 28 heavy (non-hydrogen) atoms. The van der Waals surface area contributed by atoms with Gasteiger partial charge < -0.3 is 15.4 Å². The van der Waals surface area contributed by atoms with E-state index in [0.29, 0.717) is 40.6 Å². The van der Waals surface area contributed by atoms with Crippen molar-refractivity contribution in [1.82, 2.24) is 20.3 Å². The number of carbonyl (C=O) groups excluding carboxylic acids is 2. The Balaban J connectivity index is 1.92. The molecule has 0 atom stereocenters. The average Bonchev–Trinajstić information content (AvgIpc) is 2.72. The Morgan fingerprint density at radius 1 is 1.18 bits per heavy atom. The van der Waals surface area contributed by atoms with Crippen molar-refractivity contribution in [3.8, 4) is 0 Å². The second-order valence-electron chi connectivity index (χ2n) is 5.58. The summed E-state index contributed by atoms with van der Waals surface area (Å²) >= 11 is 4.17. The molecular formula is C18H18N6O3S. The number of amides is 2. The number of esters is 1. The molecule has 0 radical (unpaired) electrons. The van der Waals surface area contributed by atoms with Gasteiger partial charge in [0.1, 0.15) is 11.3 Å². The maximum atomic E-state index is 11.9. The summed E-state index contributed by atoms with van der Waals surface area (Å²) in [5, 5.41) is 5.68. The second-order valence-corrected chi connectivity index (χ2v) is 5.98. The lowest BCUT2D eigenvalue weighted by Crippen LogP contribution is -2.34. The molecule has 1 aromatic carbocycles. The van der Waals surface area contributed by atoms with Gasteiger partial charge in [0.05, 0.1) is 24.6 Å². The fourth-order valence-corrected chi connectivity index (χ4v) is 2.60. The number of carbonyl (C=O) groups is 2. The molecule has 3 aromatic rings. The van der Waals surface area contributed by atoms with E-state index >= 15 is 0 Å². The van der Waals surface area contributed by atoms with Gasteiger partial charge in [0.15, 0.2) is 11.5 Å². The van der Waals surface area contributed by atoms with Gasteiger partial charge >= 0.3 is 12.0 Å². The molecule has 144 valence electrons. The van der Waals surface area contributed by atoms with Crippen molar-refractivity contribution in [2.45, 2.75) is 6.92 Å². The first-order valence-corrected chi connectivity index (χ1v) is 8.78. The minimum Gasteiger partial charge on any atom is -0.465 e. The van der Waals surface area contributed by atoms with E-state index in [0.717, 1.165) is 4.31 Å². The van der Waals surface area contributed by atoms with Gasteiger partial charge in [0.25, 0.3) is 0 Å². The monoisotopic (exact) mass is 398 g/mol. The molecule has 0 aliphatic carbocycles. The molecule has 0 spiro atoms. The number of hydrogen-bond acceptors (Lipinski definition) is 8. The van der Waals surface area contributed by atoms with Crippen molar-refractivity contribution >= 4 is 53.3 Å². The average molecular weight is 398 g/mol. The van der Waals surface area contributed by atoms with Crippen molar-refractivity contribution in [2.75, 3.05) is 23.3 Å². The summed E-state index contributed by atoms with van der Waals surface area (Å²) < 4.78 is 5.88. The SMILES string of the molecule is CCNC(=O)N(S)c1ccc2ncc(Nc3ccccc3C(=O)OC)nc2n1. The Hall–Kier alpha value is -3.40. The largest absolute Gasteiger partial charge is 0.465 e. The second kappa shape index (κ2) is 8.53. The molecule has 0 fully saturated rings. The number of anilines is 3. The van der Waals surface area contributed by atoms with Crippen molar-refractivity contribution in [3.63, 3.8) is 0 Å². The Bertz CT molecular complexity index is 1030.